The molecule has 0 fully saturated rings. The molecule has 0 saturated carbocycles. The van der Waals surface area contributed by atoms with E-state index in [2.05, 4.69) is 26.1 Å². The molecular weight excluding hydrogens is 315 g/mol. The number of nitrogens with zero attached hydrogens (tertiary/aromatic N) is 2. The van der Waals surface area contributed by atoms with Crippen LogP contribution in [-0.2, 0) is 12.0 Å². The van der Waals surface area contributed by atoms with E-state index in [1.54, 1.807) is 12.1 Å². The van der Waals surface area contributed by atoms with Crippen LogP contribution in [-0.4, -0.2) is 10.2 Å². The van der Waals surface area contributed by atoms with Crippen molar-refractivity contribution in [1.29, 1.82) is 0 Å². The fourth-order valence-corrected chi connectivity index (χ4v) is 1.68. The summed E-state index contributed by atoms with van der Waals surface area (Å²) in [5.41, 5.74) is -0.214. The van der Waals surface area contributed by atoms with Crippen LogP contribution in [0.15, 0.2) is 27.1 Å². The molecule has 1 aromatic heterocycles. The van der Waals surface area contributed by atoms with Crippen molar-refractivity contribution in [2.24, 2.45) is 0 Å². The standard InChI is InChI=1S/C13H14BrFN2O2/c1-13(2,3)12-17-16-11(19-12)7-18-10-5-4-8(14)6-9(10)15/h4-6H,7H2,1-3H3. The van der Waals surface area contributed by atoms with Crippen molar-refractivity contribution in [2.45, 2.75) is 32.8 Å². The number of hydrogen-bond donors (Lipinski definition) is 0. The summed E-state index contributed by atoms with van der Waals surface area (Å²) in [5, 5.41) is 7.81. The van der Waals surface area contributed by atoms with E-state index >= 15 is 0 Å². The van der Waals surface area contributed by atoms with Gasteiger partial charge in [-0.25, -0.2) is 4.39 Å². The molecule has 0 bridgehead atoms. The van der Waals surface area contributed by atoms with Gasteiger partial charge in [-0.05, 0) is 18.2 Å². The van der Waals surface area contributed by atoms with Crippen molar-refractivity contribution in [3.05, 3.63) is 40.3 Å². The Balaban J connectivity index is 2.04. The van der Waals surface area contributed by atoms with Gasteiger partial charge in [0.25, 0.3) is 5.89 Å². The molecule has 1 aromatic carbocycles. The SMILES string of the molecule is CC(C)(C)c1nnc(COc2ccc(Br)cc2F)o1. The maximum absolute atomic E-state index is 13.5. The fourth-order valence-electron chi connectivity index (χ4n) is 1.35. The summed E-state index contributed by atoms with van der Waals surface area (Å²) in [6.07, 6.45) is 0. The fraction of sp³-hybridized carbons (Fsp3) is 0.385. The predicted molar refractivity (Wildman–Crippen MR) is 71.4 cm³/mol. The highest BCUT2D eigenvalue weighted by Gasteiger charge is 2.21. The summed E-state index contributed by atoms with van der Waals surface area (Å²) in [7, 11) is 0. The Kier molecular flexibility index (Phi) is 3.89. The van der Waals surface area contributed by atoms with Crippen LogP contribution in [0.25, 0.3) is 0 Å². The van der Waals surface area contributed by atoms with Crippen molar-refractivity contribution in [3.63, 3.8) is 0 Å². The molecule has 0 amide bonds. The quantitative estimate of drug-likeness (QED) is 0.858. The number of rotatable bonds is 3. The molecule has 0 radical (unpaired) electrons. The molecule has 0 aliphatic rings. The van der Waals surface area contributed by atoms with Gasteiger partial charge in [0.1, 0.15) is 0 Å². The topological polar surface area (TPSA) is 48.2 Å². The Hall–Kier alpha value is -1.43. The van der Waals surface area contributed by atoms with Gasteiger partial charge in [0.05, 0.1) is 0 Å². The number of halogens is 2. The second-order valence-electron chi connectivity index (χ2n) is 5.11. The summed E-state index contributed by atoms with van der Waals surface area (Å²) >= 11 is 3.18. The van der Waals surface area contributed by atoms with Crippen LogP contribution >= 0.6 is 15.9 Å². The molecule has 2 rings (SSSR count). The molecule has 19 heavy (non-hydrogen) atoms. The molecule has 0 aliphatic carbocycles. The molecule has 0 aliphatic heterocycles. The molecule has 102 valence electrons. The predicted octanol–water partition coefficient (Wildman–Crippen LogP) is 3.85. The van der Waals surface area contributed by atoms with E-state index in [4.69, 9.17) is 9.15 Å². The summed E-state index contributed by atoms with van der Waals surface area (Å²) in [6.45, 7) is 5.96. The first-order chi connectivity index (χ1) is 8.86. The molecule has 4 nitrogen and oxygen atoms in total. The van der Waals surface area contributed by atoms with Crippen molar-refractivity contribution in [1.82, 2.24) is 10.2 Å². The van der Waals surface area contributed by atoms with Crippen molar-refractivity contribution >= 4 is 15.9 Å². The number of aromatic nitrogens is 2. The molecule has 6 heteroatoms. The van der Waals surface area contributed by atoms with E-state index < -0.39 is 5.82 Å². The lowest BCUT2D eigenvalue weighted by Gasteiger charge is -2.11. The number of hydrogen-bond acceptors (Lipinski definition) is 4. The highest BCUT2D eigenvalue weighted by Crippen LogP contribution is 2.23. The summed E-state index contributed by atoms with van der Waals surface area (Å²) in [6, 6.07) is 4.58. The van der Waals surface area contributed by atoms with Crippen molar-refractivity contribution < 1.29 is 13.5 Å². The average Bonchev–Trinajstić information content (AvgIpc) is 2.76. The van der Waals surface area contributed by atoms with Crippen LogP contribution in [0.3, 0.4) is 0 Å². The van der Waals surface area contributed by atoms with Crippen LogP contribution in [0, 0.1) is 5.82 Å². The Morgan fingerprint density at radius 1 is 1.32 bits per heavy atom. The van der Waals surface area contributed by atoms with Gasteiger partial charge in [-0.2, -0.15) is 0 Å². The minimum Gasteiger partial charge on any atom is -0.481 e. The van der Waals surface area contributed by atoms with E-state index in [0.29, 0.717) is 16.3 Å². The number of ether oxygens (including phenoxy) is 1. The van der Waals surface area contributed by atoms with Gasteiger partial charge in [0.2, 0.25) is 5.89 Å². The Morgan fingerprint density at radius 3 is 2.63 bits per heavy atom. The zero-order valence-corrected chi connectivity index (χ0v) is 12.5. The first-order valence-electron chi connectivity index (χ1n) is 5.77. The Labute approximate surface area is 119 Å². The Morgan fingerprint density at radius 2 is 2.05 bits per heavy atom. The summed E-state index contributed by atoms with van der Waals surface area (Å²) < 4.78 is 24.9. The third-order valence-electron chi connectivity index (χ3n) is 2.35. The molecule has 0 saturated heterocycles. The molecule has 2 aromatic rings. The largest absolute Gasteiger partial charge is 0.481 e. The van der Waals surface area contributed by atoms with Crippen LogP contribution in [0.1, 0.15) is 32.6 Å². The summed E-state index contributed by atoms with van der Waals surface area (Å²) in [4.78, 5) is 0. The van der Waals surface area contributed by atoms with E-state index in [9.17, 15) is 4.39 Å². The third kappa shape index (κ3) is 3.53. The van der Waals surface area contributed by atoms with Gasteiger partial charge in [-0.3, -0.25) is 0 Å². The second-order valence-corrected chi connectivity index (χ2v) is 6.03. The lowest BCUT2D eigenvalue weighted by atomic mass is 9.97. The monoisotopic (exact) mass is 328 g/mol. The average molecular weight is 329 g/mol. The van der Waals surface area contributed by atoms with E-state index in [0.717, 1.165) is 0 Å². The van der Waals surface area contributed by atoms with Gasteiger partial charge >= 0.3 is 0 Å². The van der Waals surface area contributed by atoms with Crippen LogP contribution in [0.5, 0.6) is 5.75 Å². The zero-order valence-electron chi connectivity index (χ0n) is 10.9. The van der Waals surface area contributed by atoms with Crippen LogP contribution < -0.4 is 4.74 Å². The lowest BCUT2D eigenvalue weighted by molar-refractivity contribution is 0.242. The van der Waals surface area contributed by atoms with Crippen LogP contribution in [0.4, 0.5) is 4.39 Å². The molecule has 0 spiro atoms. The third-order valence-corrected chi connectivity index (χ3v) is 2.85. The normalized spacial score (nSPS) is 11.6. The van der Waals surface area contributed by atoms with Gasteiger partial charge < -0.3 is 9.15 Å². The highest BCUT2D eigenvalue weighted by atomic mass is 79.9. The van der Waals surface area contributed by atoms with Gasteiger partial charge in [-0.15, -0.1) is 10.2 Å². The minimum atomic E-state index is -0.440. The molecule has 0 atom stereocenters. The van der Waals surface area contributed by atoms with Crippen molar-refractivity contribution in [3.8, 4) is 5.75 Å². The maximum Gasteiger partial charge on any atom is 0.253 e. The minimum absolute atomic E-state index is 0.0433. The van der Waals surface area contributed by atoms with Crippen molar-refractivity contribution in [2.75, 3.05) is 0 Å². The Bertz CT molecular complexity index is 578. The maximum atomic E-state index is 13.5. The first-order valence-corrected chi connectivity index (χ1v) is 6.56. The molecule has 0 unspecified atom stereocenters. The highest BCUT2D eigenvalue weighted by molar-refractivity contribution is 9.10. The van der Waals surface area contributed by atoms with Crippen LogP contribution in [0.2, 0.25) is 0 Å². The molecule has 0 N–H and O–H groups in total. The second kappa shape index (κ2) is 5.28. The van der Waals surface area contributed by atoms with Gasteiger partial charge in [-0.1, -0.05) is 36.7 Å². The first kappa shape index (κ1) is 14.0. The lowest BCUT2D eigenvalue weighted by Crippen LogP contribution is -2.11. The van der Waals surface area contributed by atoms with Gasteiger partial charge in [0.15, 0.2) is 18.2 Å². The zero-order chi connectivity index (χ0) is 14.0. The molecular formula is C13H14BrFN2O2. The summed E-state index contributed by atoms with van der Waals surface area (Å²) in [5.74, 6) is 0.568. The molecule has 1 heterocycles. The van der Waals surface area contributed by atoms with E-state index in [1.807, 2.05) is 20.8 Å². The van der Waals surface area contributed by atoms with Gasteiger partial charge in [0, 0.05) is 9.89 Å². The number of benzene rings is 1. The smallest absolute Gasteiger partial charge is 0.253 e. The van der Waals surface area contributed by atoms with E-state index in [-0.39, 0.29) is 17.8 Å². The van der Waals surface area contributed by atoms with E-state index in [1.165, 1.54) is 6.07 Å².